The van der Waals surface area contributed by atoms with Crippen molar-refractivity contribution < 1.29 is 4.74 Å². The Bertz CT molecular complexity index is 238. The van der Waals surface area contributed by atoms with Gasteiger partial charge in [0.15, 0.2) is 0 Å². The second-order valence-corrected chi connectivity index (χ2v) is 3.52. The van der Waals surface area contributed by atoms with E-state index in [2.05, 4.69) is 20.1 Å². The van der Waals surface area contributed by atoms with Gasteiger partial charge in [-0.05, 0) is 29.9 Å². The molecular weight excluding hydrogens is 160 g/mol. The molecule has 0 N–H and O–H groups in total. The van der Waals surface area contributed by atoms with Crippen molar-refractivity contribution >= 4 is 0 Å². The molecule has 2 atom stereocenters. The summed E-state index contributed by atoms with van der Waals surface area (Å²) in [4.78, 5) is 0. The van der Waals surface area contributed by atoms with E-state index in [4.69, 9.17) is 4.74 Å². The first-order valence-corrected chi connectivity index (χ1v) is 4.76. The first-order valence-electron chi connectivity index (χ1n) is 4.76. The van der Waals surface area contributed by atoms with Crippen molar-refractivity contribution in [2.45, 2.75) is 25.9 Å². The largest absolute Gasteiger partial charge is 0.377 e. The summed E-state index contributed by atoms with van der Waals surface area (Å²) in [6.45, 7) is 9.90. The van der Waals surface area contributed by atoms with Gasteiger partial charge in [-0.1, -0.05) is 32.2 Å². The molecule has 0 fully saturated rings. The topological polar surface area (TPSA) is 9.23 Å². The van der Waals surface area contributed by atoms with Crippen LogP contribution in [0.2, 0.25) is 0 Å². The Morgan fingerprint density at radius 3 is 2.31 bits per heavy atom. The molecule has 0 heterocycles. The molecule has 13 heavy (non-hydrogen) atoms. The van der Waals surface area contributed by atoms with E-state index in [0.717, 1.165) is 6.42 Å². The molecule has 0 aromatic heterocycles. The van der Waals surface area contributed by atoms with Crippen molar-refractivity contribution in [2.24, 2.45) is 5.92 Å². The van der Waals surface area contributed by atoms with E-state index in [1.807, 2.05) is 12.2 Å². The third-order valence-corrected chi connectivity index (χ3v) is 2.80. The highest BCUT2D eigenvalue weighted by molar-refractivity contribution is 5.37. The van der Waals surface area contributed by atoms with E-state index in [1.165, 1.54) is 17.6 Å². The Balaban J connectivity index is 3.04. The molecule has 0 aliphatic heterocycles. The standard InChI is InChI=1S/C12H18O/c1-5-10-9(3)7-8-12(13-4)11(10)6-2/h5-6,9,12H,1-2,7-8H2,3-4H3/t9-,12-/m1/s1. The zero-order valence-corrected chi connectivity index (χ0v) is 8.55. The van der Waals surface area contributed by atoms with Gasteiger partial charge >= 0.3 is 0 Å². The first-order chi connectivity index (χ1) is 6.24. The van der Waals surface area contributed by atoms with E-state index in [-0.39, 0.29) is 6.10 Å². The molecule has 72 valence electrons. The normalized spacial score (nSPS) is 28.8. The summed E-state index contributed by atoms with van der Waals surface area (Å²) in [7, 11) is 1.75. The molecule has 0 unspecified atom stereocenters. The van der Waals surface area contributed by atoms with Crippen molar-refractivity contribution in [3.8, 4) is 0 Å². The lowest BCUT2D eigenvalue weighted by atomic mass is 9.82. The molecule has 1 aliphatic rings. The maximum atomic E-state index is 5.40. The van der Waals surface area contributed by atoms with Gasteiger partial charge in [0.25, 0.3) is 0 Å². The molecule has 0 spiro atoms. The Labute approximate surface area is 80.8 Å². The number of hydrogen-bond donors (Lipinski definition) is 0. The molecule has 0 aromatic rings. The van der Waals surface area contributed by atoms with Gasteiger partial charge in [-0.15, -0.1) is 0 Å². The average molecular weight is 178 g/mol. The zero-order chi connectivity index (χ0) is 9.84. The van der Waals surface area contributed by atoms with Crippen LogP contribution in [0.15, 0.2) is 36.5 Å². The summed E-state index contributed by atoms with van der Waals surface area (Å²) in [5.74, 6) is 0.594. The van der Waals surface area contributed by atoms with Gasteiger partial charge in [-0.3, -0.25) is 0 Å². The number of ether oxygens (including phenoxy) is 1. The summed E-state index contributed by atoms with van der Waals surface area (Å²) in [6.07, 6.45) is 6.34. The van der Waals surface area contributed by atoms with Crippen molar-refractivity contribution in [3.05, 3.63) is 36.5 Å². The van der Waals surface area contributed by atoms with Crippen LogP contribution < -0.4 is 0 Å². The van der Waals surface area contributed by atoms with Crippen molar-refractivity contribution in [2.75, 3.05) is 7.11 Å². The molecule has 1 heteroatoms. The van der Waals surface area contributed by atoms with Gasteiger partial charge in [0.05, 0.1) is 6.10 Å². The van der Waals surface area contributed by atoms with Gasteiger partial charge in [0.1, 0.15) is 0 Å². The Kier molecular flexibility index (Phi) is 3.49. The number of rotatable bonds is 3. The first kappa shape index (κ1) is 10.3. The smallest absolute Gasteiger partial charge is 0.0823 e. The van der Waals surface area contributed by atoms with E-state index in [1.54, 1.807) is 7.11 Å². The van der Waals surface area contributed by atoms with Gasteiger partial charge in [-0.25, -0.2) is 0 Å². The molecule has 0 saturated carbocycles. The third-order valence-electron chi connectivity index (χ3n) is 2.80. The van der Waals surface area contributed by atoms with Gasteiger partial charge in [0.2, 0.25) is 0 Å². The Hall–Kier alpha value is -0.820. The average Bonchev–Trinajstić information content (AvgIpc) is 2.17. The molecule has 0 radical (unpaired) electrons. The van der Waals surface area contributed by atoms with Crippen LogP contribution in [0.25, 0.3) is 0 Å². The summed E-state index contributed by atoms with van der Waals surface area (Å²) in [5, 5.41) is 0. The number of hydrogen-bond acceptors (Lipinski definition) is 1. The van der Waals surface area contributed by atoms with E-state index in [0.29, 0.717) is 5.92 Å². The molecule has 1 rings (SSSR count). The van der Waals surface area contributed by atoms with Crippen molar-refractivity contribution in [3.63, 3.8) is 0 Å². The predicted molar refractivity (Wildman–Crippen MR) is 56.6 cm³/mol. The molecule has 0 saturated heterocycles. The van der Waals surface area contributed by atoms with E-state index >= 15 is 0 Å². The monoisotopic (exact) mass is 178 g/mol. The van der Waals surface area contributed by atoms with Crippen molar-refractivity contribution in [1.82, 2.24) is 0 Å². The van der Waals surface area contributed by atoms with Gasteiger partial charge < -0.3 is 4.74 Å². The van der Waals surface area contributed by atoms with Crippen LogP contribution in [0.5, 0.6) is 0 Å². The lowest BCUT2D eigenvalue weighted by Crippen LogP contribution is -2.22. The minimum atomic E-state index is 0.224. The fraction of sp³-hybridized carbons (Fsp3) is 0.500. The quantitative estimate of drug-likeness (QED) is 0.645. The minimum Gasteiger partial charge on any atom is -0.377 e. The molecule has 0 amide bonds. The van der Waals surface area contributed by atoms with Crippen LogP contribution in [0, 0.1) is 5.92 Å². The lowest BCUT2D eigenvalue weighted by Gasteiger charge is -2.28. The second kappa shape index (κ2) is 4.43. The van der Waals surface area contributed by atoms with Gasteiger partial charge in [-0.2, -0.15) is 0 Å². The number of allylic oxidation sites excluding steroid dienone is 2. The van der Waals surface area contributed by atoms with Crippen LogP contribution in [0.4, 0.5) is 0 Å². The molecular formula is C12H18O. The predicted octanol–water partition coefficient (Wildman–Crippen LogP) is 3.10. The molecule has 0 aromatic carbocycles. The van der Waals surface area contributed by atoms with Gasteiger partial charge in [0, 0.05) is 7.11 Å². The van der Waals surface area contributed by atoms with Crippen LogP contribution >= 0.6 is 0 Å². The maximum Gasteiger partial charge on any atom is 0.0823 e. The summed E-state index contributed by atoms with van der Waals surface area (Å²) in [5.41, 5.74) is 2.52. The maximum absolute atomic E-state index is 5.40. The highest BCUT2D eigenvalue weighted by Crippen LogP contribution is 2.32. The van der Waals surface area contributed by atoms with Crippen LogP contribution in [0.1, 0.15) is 19.8 Å². The van der Waals surface area contributed by atoms with Crippen LogP contribution in [-0.4, -0.2) is 13.2 Å². The zero-order valence-electron chi connectivity index (χ0n) is 8.55. The Morgan fingerprint density at radius 2 is 1.85 bits per heavy atom. The molecule has 1 nitrogen and oxygen atoms in total. The van der Waals surface area contributed by atoms with Crippen LogP contribution in [0.3, 0.4) is 0 Å². The summed E-state index contributed by atoms with van der Waals surface area (Å²) < 4.78 is 5.40. The Morgan fingerprint density at radius 1 is 1.23 bits per heavy atom. The third kappa shape index (κ3) is 1.92. The minimum absolute atomic E-state index is 0.224. The lowest BCUT2D eigenvalue weighted by molar-refractivity contribution is 0.115. The van der Waals surface area contributed by atoms with Crippen molar-refractivity contribution in [1.29, 1.82) is 0 Å². The SMILES string of the molecule is C=CC1=C(C=C)[C@H](OC)CC[C@H]1C. The fourth-order valence-electron chi connectivity index (χ4n) is 2.00. The summed E-state index contributed by atoms with van der Waals surface area (Å²) in [6, 6.07) is 0. The fourth-order valence-corrected chi connectivity index (χ4v) is 2.00. The highest BCUT2D eigenvalue weighted by atomic mass is 16.5. The van der Waals surface area contributed by atoms with E-state index < -0.39 is 0 Å². The highest BCUT2D eigenvalue weighted by Gasteiger charge is 2.23. The molecule has 1 aliphatic carbocycles. The number of methoxy groups -OCH3 is 1. The second-order valence-electron chi connectivity index (χ2n) is 3.52. The summed E-state index contributed by atoms with van der Waals surface area (Å²) >= 11 is 0. The molecule has 0 bridgehead atoms. The van der Waals surface area contributed by atoms with Crippen LogP contribution in [-0.2, 0) is 4.74 Å². The van der Waals surface area contributed by atoms with E-state index in [9.17, 15) is 0 Å².